The molecule has 2 N–H and O–H groups in total. The van der Waals surface area contributed by atoms with E-state index >= 15 is 0 Å². The van der Waals surface area contributed by atoms with Crippen LogP contribution < -0.4 is 15.2 Å². The van der Waals surface area contributed by atoms with Gasteiger partial charge in [0.2, 0.25) is 0 Å². The molecule has 0 aliphatic rings. The van der Waals surface area contributed by atoms with E-state index in [4.69, 9.17) is 19.6 Å². The Bertz CT molecular complexity index is 765. The molecule has 0 fully saturated rings. The summed E-state index contributed by atoms with van der Waals surface area (Å²) in [6.45, 7) is 0.258. The number of methoxy groups -OCH3 is 2. The molecule has 0 bridgehead atoms. The first-order valence-electron chi connectivity index (χ1n) is 6.69. The first-order chi connectivity index (χ1) is 10.8. The molecule has 0 radical (unpaired) electrons. The molecule has 3 aromatic rings. The Balaban J connectivity index is 2.19. The standard InChI is InChI=1S/C15H16N4O3/c1-20-10-5-6-12(14(8-10)21-2)19-15(11(9-16)17-18-19)13-4-3-7-22-13/h3-8H,9,16H2,1-2H3. The van der Waals surface area contributed by atoms with E-state index in [-0.39, 0.29) is 6.54 Å². The monoisotopic (exact) mass is 300 g/mol. The van der Waals surface area contributed by atoms with Crippen LogP contribution in [0.3, 0.4) is 0 Å². The van der Waals surface area contributed by atoms with Crippen LogP contribution in [0.25, 0.3) is 17.1 Å². The van der Waals surface area contributed by atoms with Crippen LogP contribution in [0.2, 0.25) is 0 Å². The molecule has 3 rings (SSSR count). The molecule has 114 valence electrons. The Labute approximate surface area is 127 Å². The van der Waals surface area contributed by atoms with E-state index in [9.17, 15) is 0 Å². The SMILES string of the molecule is COc1ccc(-n2nnc(CN)c2-c2ccco2)c(OC)c1. The van der Waals surface area contributed by atoms with Crippen LogP contribution in [0.1, 0.15) is 5.69 Å². The van der Waals surface area contributed by atoms with E-state index < -0.39 is 0 Å². The van der Waals surface area contributed by atoms with Gasteiger partial charge in [-0.15, -0.1) is 5.10 Å². The fourth-order valence-corrected chi connectivity index (χ4v) is 2.24. The summed E-state index contributed by atoms with van der Waals surface area (Å²) in [7, 11) is 3.19. The molecule has 0 aliphatic carbocycles. The zero-order valence-electron chi connectivity index (χ0n) is 12.3. The largest absolute Gasteiger partial charge is 0.497 e. The Morgan fingerprint density at radius 1 is 1.23 bits per heavy atom. The lowest BCUT2D eigenvalue weighted by molar-refractivity contribution is 0.392. The summed E-state index contributed by atoms with van der Waals surface area (Å²) in [5, 5.41) is 8.31. The van der Waals surface area contributed by atoms with Crippen molar-refractivity contribution in [2.45, 2.75) is 6.54 Å². The van der Waals surface area contributed by atoms with Gasteiger partial charge in [-0.1, -0.05) is 5.21 Å². The first-order valence-corrected chi connectivity index (χ1v) is 6.69. The highest BCUT2D eigenvalue weighted by atomic mass is 16.5. The highest BCUT2D eigenvalue weighted by molar-refractivity contribution is 5.61. The third-order valence-electron chi connectivity index (χ3n) is 3.30. The Hall–Kier alpha value is -2.80. The van der Waals surface area contributed by atoms with E-state index in [2.05, 4.69) is 10.3 Å². The average Bonchev–Trinajstić information content (AvgIpc) is 3.22. The van der Waals surface area contributed by atoms with Crippen molar-refractivity contribution < 1.29 is 13.9 Å². The quantitative estimate of drug-likeness (QED) is 0.775. The Kier molecular flexibility index (Phi) is 3.80. The molecule has 0 atom stereocenters. The average molecular weight is 300 g/mol. The van der Waals surface area contributed by atoms with Crippen molar-refractivity contribution in [3.8, 4) is 28.6 Å². The molecule has 0 saturated carbocycles. The van der Waals surface area contributed by atoms with Crippen LogP contribution in [0.4, 0.5) is 0 Å². The molecule has 7 nitrogen and oxygen atoms in total. The van der Waals surface area contributed by atoms with Gasteiger partial charge >= 0.3 is 0 Å². The van der Waals surface area contributed by atoms with E-state index in [0.29, 0.717) is 28.6 Å². The lowest BCUT2D eigenvalue weighted by atomic mass is 10.2. The molecule has 2 heterocycles. The van der Waals surface area contributed by atoms with Gasteiger partial charge in [-0.05, 0) is 24.3 Å². The second-order valence-corrected chi connectivity index (χ2v) is 4.52. The summed E-state index contributed by atoms with van der Waals surface area (Å²) in [5.74, 6) is 1.95. The first kappa shape index (κ1) is 14.2. The normalized spacial score (nSPS) is 10.7. The fourth-order valence-electron chi connectivity index (χ4n) is 2.24. The lowest BCUT2D eigenvalue weighted by Crippen LogP contribution is -2.04. The van der Waals surface area contributed by atoms with Gasteiger partial charge in [0.1, 0.15) is 28.6 Å². The molecule has 0 unspecified atom stereocenters. The van der Waals surface area contributed by atoms with Crippen LogP contribution in [-0.2, 0) is 6.54 Å². The van der Waals surface area contributed by atoms with Gasteiger partial charge in [0.25, 0.3) is 0 Å². The fraction of sp³-hybridized carbons (Fsp3) is 0.200. The number of rotatable bonds is 5. The highest BCUT2D eigenvalue weighted by Gasteiger charge is 2.20. The second-order valence-electron chi connectivity index (χ2n) is 4.52. The molecule has 7 heteroatoms. The van der Waals surface area contributed by atoms with Crippen molar-refractivity contribution >= 4 is 0 Å². The maximum atomic E-state index is 5.76. The second kappa shape index (κ2) is 5.90. The van der Waals surface area contributed by atoms with Gasteiger partial charge in [0, 0.05) is 12.6 Å². The number of benzene rings is 1. The van der Waals surface area contributed by atoms with E-state index in [1.54, 1.807) is 37.3 Å². The lowest BCUT2D eigenvalue weighted by Gasteiger charge is -2.11. The van der Waals surface area contributed by atoms with Gasteiger partial charge < -0.3 is 19.6 Å². The molecule has 2 aromatic heterocycles. The topological polar surface area (TPSA) is 88.3 Å². The molecule has 22 heavy (non-hydrogen) atoms. The van der Waals surface area contributed by atoms with Gasteiger partial charge in [-0.25, -0.2) is 4.68 Å². The number of nitrogens with two attached hydrogens (primary N) is 1. The third kappa shape index (κ3) is 2.31. The van der Waals surface area contributed by atoms with Crippen molar-refractivity contribution in [3.63, 3.8) is 0 Å². The number of nitrogens with zero attached hydrogens (tertiary/aromatic N) is 3. The summed E-state index contributed by atoms with van der Waals surface area (Å²) in [6, 6.07) is 9.10. The van der Waals surface area contributed by atoms with Crippen LogP contribution in [0.5, 0.6) is 11.5 Å². The molecule has 0 amide bonds. The summed E-state index contributed by atoms with van der Waals surface area (Å²) in [5.41, 5.74) is 7.83. The van der Waals surface area contributed by atoms with Gasteiger partial charge in [-0.2, -0.15) is 0 Å². The minimum atomic E-state index is 0.258. The third-order valence-corrected chi connectivity index (χ3v) is 3.30. The van der Waals surface area contributed by atoms with E-state index in [1.807, 2.05) is 18.2 Å². The predicted octanol–water partition coefficient (Wildman–Crippen LogP) is 2.00. The molecule has 0 spiro atoms. The number of hydrogen-bond acceptors (Lipinski definition) is 6. The van der Waals surface area contributed by atoms with Gasteiger partial charge in [0.05, 0.1) is 20.5 Å². The van der Waals surface area contributed by atoms with Crippen molar-refractivity contribution in [3.05, 3.63) is 42.3 Å². The number of hydrogen-bond donors (Lipinski definition) is 1. The highest BCUT2D eigenvalue weighted by Crippen LogP contribution is 2.32. The van der Waals surface area contributed by atoms with E-state index in [0.717, 1.165) is 5.69 Å². The number of ether oxygens (including phenoxy) is 2. The Morgan fingerprint density at radius 2 is 2.09 bits per heavy atom. The van der Waals surface area contributed by atoms with Crippen LogP contribution in [0.15, 0.2) is 41.0 Å². The summed E-state index contributed by atoms with van der Waals surface area (Å²) >= 11 is 0. The molecule has 0 saturated heterocycles. The number of furan rings is 1. The van der Waals surface area contributed by atoms with Crippen molar-refractivity contribution in [2.24, 2.45) is 5.73 Å². The molecule has 0 aliphatic heterocycles. The van der Waals surface area contributed by atoms with Gasteiger partial charge in [-0.3, -0.25) is 0 Å². The molecular formula is C15H16N4O3. The predicted molar refractivity (Wildman–Crippen MR) is 80.1 cm³/mol. The van der Waals surface area contributed by atoms with Crippen LogP contribution >= 0.6 is 0 Å². The smallest absolute Gasteiger partial charge is 0.154 e. The summed E-state index contributed by atoms with van der Waals surface area (Å²) in [6.07, 6.45) is 1.60. The maximum Gasteiger partial charge on any atom is 0.154 e. The van der Waals surface area contributed by atoms with Crippen LogP contribution in [-0.4, -0.2) is 29.2 Å². The number of aromatic nitrogens is 3. The van der Waals surface area contributed by atoms with Crippen molar-refractivity contribution in [2.75, 3.05) is 14.2 Å². The molecular weight excluding hydrogens is 284 g/mol. The van der Waals surface area contributed by atoms with Crippen molar-refractivity contribution in [1.82, 2.24) is 15.0 Å². The zero-order valence-corrected chi connectivity index (χ0v) is 12.3. The maximum absolute atomic E-state index is 5.76. The van der Waals surface area contributed by atoms with E-state index in [1.165, 1.54) is 0 Å². The molecule has 1 aromatic carbocycles. The summed E-state index contributed by atoms with van der Waals surface area (Å²) < 4.78 is 17.8. The minimum Gasteiger partial charge on any atom is -0.497 e. The minimum absolute atomic E-state index is 0.258. The Morgan fingerprint density at radius 3 is 2.73 bits per heavy atom. The van der Waals surface area contributed by atoms with Crippen LogP contribution in [0, 0.1) is 0 Å². The van der Waals surface area contributed by atoms with Crippen molar-refractivity contribution in [1.29, 1.82) is 0 Å². The zero-order chi connectivity index (χ0) is 15.5. The summed E-state index contributed by atoms with van der Waals surface area (Å²) in [4.78, 5) is 0. The van der Waals surface area contributed by atoms with Gasteiger partial charge in [0.15, 0.2) is 5.76 Å².